The standard InChI is InChI=1S/C17H15F3N4OS/c18-17(19,20)10-5-6-14-22-23-15(24(14)8-10)7-21-16(25)12-9-26-13-4-2-1-3-11(12)13/h5-6,8-9H,1-4,7H2,(H,21,25). The average Bonchev–Trinajstić information content (AvgIpc) is 3.22. The molecule has 0 aromatic carbocycles. The summed E-state index contributed by atoms with van der Waals surface area (Å²) < 4.78 is 39.9. The molecule has 1 aliphatic rings. The number of nitrogens with one attached hydrogen (secondary N) is 1. The van der Waals surface area contributed by atoms with Gasteiger partial charge in [-0.3, -0.25) is 9.20 Å². The quantitative estimate of drug-likeness (QED) is 0.755. The molecule has 1 amide bonds. The Morgan fingerprint density at radius 2 is 2.04 bits per heavy atom. The van der Waals surface area contributed by atoms with E-state index < -0.39 is 11.7 Å². The van der Waals surface area contributed by atoms with Gasteiger partial charge in [0.25, 0.3) is 5.91 Å². The van der Waals surface area contributed by atoms with Gasteiger partial charge < -0.3 is 5.32 Å². The number of pyridine rings is 1. The molecule has 3 heterocycles. The summed E-state index contributed by atoms with van der Waals surface area (Å²) in [7, 11) is 0. The maximum Gasteiger partial charge on any atom is 0.417 e. The number of aryl methyl sites for hydroxylation is 1. The molecule has 1 N–H and O–H groups in total. The highest BCUT2D eigenvalue weighted by Gasteiger charge is 2.31. The summed E-state index contributed by atoms with van der Waals surface area (Å²) in [4.78, 5) is 13.7. The van der Waals surface area contributed by atoms with Crippen molar-refractivity contribution in [1.29, 1.82) is 0 Å². The van der Waals surface area contributed by atoms with Crippen molar-refractivity contribution in [2.24, 2.45) is 0 Å². The van der Waals surface area contributed by atoms with E-state index >= 15 is 0 Å². The molecule has 9 heteroatoms. The molecular weight excluding hydrogens is 365 g/mol. The minimum Gasteiger partial charge on any atom is -0.345 e. The molecule has 0 saturated heterocycles. The third-order valence-electron chi connectivity index (χ3n) is 4.51. The van der Waals surface area contributed by atoms with Crippen molar-refractivity contribution in [3.63, 3.8) is 0 Å². The summed E-state index contributed by atoms with van der Waals surface area (Å²) in [5.41, 5.74) is 1.28. The van der Waals surface area contributed by atoms with Gasteiger partial charge >= 0.3 is 6.18 Å². The molecule has 136 valence electrons. The normalized spacial score (nSPS) is 14.4. The first-order chi connectivity index (χ1) is 12.4. The SMILES string of the molecule is O=C(NCc1nnc2ccc(C(F)(F)F)cn12)c1csc2c1CCCC2. The second-order valence-corrected chi connectivity index (χ2v) is 7.17. The van der Waals surface area contributed by atoms with Crippen LogP contribution in [0.15, 0.2) is 23.7 Å². The third-order valence-corrected chi connectivity index (χ3v) is 5.60. The monoisotopic (exact) mass is 380 g/mol. The maximum atomic E-state index is 12.9. The largest absolute Gasteiger partial charge is 0.417 e. The van der Waals surface area contributed by atoms with E-state index in [4.69, 9.17) is 0 Å². The van der Waals surface area contributed by atoms with Crippen molar-refractivity contribution in [3.8, 4) is 0 Å². The van der Waals surface area contributed by atoms with Crippen LogP contribution in [0, 0.1) is 0 Å². The van der Waals surface area contributed by atoms with Gasteiger partial charge in [0.1, 0.15) is 0 Å². The summed E-state index contributed by atoms with van der Waals surface area (Å²) in [5, 5.41) is 12.3. The molecule has 4 rings (SSSR count). The molecule has 0 bridgehead atoms. The predicted octanol–water partition coefficient (Wildman–Crippen LogP) is 3.62. The van der Waals surface area contributed by atoms with Crippen LogP contribution in [0.2, 0.25) is 0 Å². The van der Waals surface area contributed by atoms with Crippen molar-refractivity contribution in [1.82, 2.24) is 19.9 Å². The van der Waals surface area contributed by atoms with E-state index in [9.17, 15) is 18.0 Å². The first kappa shape index (κ1) is 17.0. The maximum absolute atomic E-state index is 12.9. The van der Waals surface area contributed by atoms with Crippen molar-refractivity contribution in [2.75, 3.05) is 0 Å². The van der Waals surface area contributed by atoms with Crippen LogP contribution in [0.1, 0.15) is 45.0 Å². The molecule has 0 radical (unpaired) electrons. The van der Waals surface area contributed by atoms with E-state index in [1.54, 1.807) is 11.3 Å². The summed E-state index contributed by atoms with van der Waals surface area (Å²) >= 11 is 1.59. The Kier molecular flexibility index (Phi) is 4.18. The Hall–Kier alpha value is -2.42. The number of aromatic nitrogens is 3. The lowest BCUT2D eigenvalue weighted by molar-refractivity contribution is -0.137. The molecule has 26 heavy (non-hydrogen) atoms. The second kappa shape index (κ2) is 6.39. The average molecular weight is 380 g/mol. The molecule has 0 aliphatic heterocycles. The Morgan fingerprint density at radius 1 is 1.23 bits per heavy atom. The van der Waals surface area contributed by atoms with Gasteiger partial charge in [0.15, 0.2) is 11.5 Å². The topological polar surface area (TPSA) is 59.3 Å². The summed E-state index contributed by atoms with van der Waals surface area (Å²) in [6, 6.07) is 2.22. The van der Waals surface area contributed by atoms with E-state index in [1.165, 1.54) is 15.3 Å². The minimum atomic E-state index is -4.45. The van der Waals surface area contributed by atoms with E-state index in [0.29, 0.717) is 11.2 Å². The molecular formula is C17H15F3N4OS. The van der Waals surface area contributed by atoms with Crippen LogP contribution >= 0.6 is 11.3 Å². The number of hydrogen-bond acceptors (Lipinski definition) is 4. The fraction of sp³-hybridized carbons (Fsp3) is 0.353. The molecule has 0 spiro atoms. The first-order valence-electron chi connectivity index (χ1n) is 8.22. The number of carbonyl (C=O) groups is 1. The molecule has 0 saturated carbocycles. The Labute approximate surface area is 150 Å². The lowest BCUT2D eigenvalue weighted by atomic mass is 9.96. The van der Waals surface area contributed by atoms with Crippen molar-refractivity contribution in [2.45, 2.75) is 38.4 Å². The fourth-order valence-electron chi connectivity index (χ4n) is 3.17. The van der Waals surface area contributed by atoms with Gasteiger partial charge in [-0.05, 0) is 43.4 Å². The fourth-order valence-corrected chi connectivity index (χ4v) is 4.29. The highest BCUT2D eigenvalue weighted by molar-refractivity contribution is 7.10. The van der Waals surface area contributed by atoms with Gasteiger partial charge in [-0.2, -0.15) is 13.2 Å². The second-order valence-electron chi connectivity index (χ2n) is 6.20. The zero-order chi connectivity index (χ0) is 18.3. The number of rotatable bonds is 3. The molecule has 5 nitrogen and oxygen atoms in total. The lowest BCUT2D eigenvalue weighted by Gasteiger charge is -2.12. The predicted molar refractivity (Wildman–Crippen MR) is 90.1 cm³/mol. The van der Waals surface area contributed by atoms with Gasteiger partial charge in [0.05, 0.1) is 17.7 Å². The summed E-state index contributed by atoms with van der Waals surface area (Å²) in [6.45, 7) is 0.00588. The summed E-state index contributed by atoms with van der Waals surface area (Å²) in [6.07, 6.45) is 0.603. The Bertz CT molecular complexity index is 976. The van der Waals surface area contributed by atoms with Crippen molar-refractivity contribution < 1.29 is 18.0 Å². The van der Waals surface area contributed by atoms with Gasteiger partial charge in [0, 0.05) is 16.5 Å². The number of fused-ring (bicyclic) bond motifs is 2. The summed E-state index contributed by atoms with van der Waals surface area (Å²) in [5.74, 6) is 0.0247. The molecule has 0 fully saturated rings. The van der Waals surface area contributed by atoms with Crippen LogP contribution in [0.25, 0.3) is 5.65 Å². The van der Waals surface area contributed by atoms with Gasteiger partial charge in [-0.25, -0.2) is 0 Å². The zero-order valence-electron chi connectivity index (χ0n) is 13.6. The number of hydrogen-bond donors (Lipinski definition) is 1. The molecule has 0 atom stereocenters. The number of thiophene rings is 1. The molecule has 3 aromatic heterocycles. The van der Waals surface area contributed by atoms with Crippen LogP contribution in [0.5, 0.6) is 0 Å². The van der Waals surface area contributed by atoms with Gasteiger partial charge in [-0.1, -0.05) is 0 Å². The van der Waals surface area contributed by atoms with Crippen LogP contribution in [0.4, 0.5) is 13.2 Å². The molecule has 3 aromatic rings. The van der Waals surface area contributed by atoms with Gasteiger partial charge in [-0.15, -0.1) is 21.5 Å². The highest BCUT2D eigenvalue weighted by Crippen LogP contribution is 2.30. The number of alkyl halides is 3. The highest BCUT2D eigenvalue weighted by atomic mass is 32.1. The van der Waals surface area contributed by atoms with E-state index in [1.807, 2.05) is 5.38 Å². The number of carbonyl (C=O) groups excluding carboxylic acids is 1. The van der Waals surface area contributed by atoms with E-state index in [2.05, 4.69) is 15.5 Å². The van der Waals surface area contributed by atoms with Crippen LogP contribution < -0.4 is 5.32 Å². The number of amides is 1. The third kappa shape index (κ3) is 3.07. The number of halogens is 3. The van der Waals surface area contributed by atoms with E-state index in [-0.39, 0.29) is 18.3 Å². The van der Waals surface area contributed by atoms with Crippen LogP contribution in [-0.2, 0) is 25.6 Å². The lowest BCUT2D eigenvalue weighted by Crippen LogP contribution is -2.25. The Morgan fingerprint density at radius 3 is 2.85 bits per heavy atom. The van der Waals surface area contributed by atoms with Crippen LogP contribution in [-0.4, -0.2) is 20.5 Å². The molecule has 1 aliphatic carbocycles. The van der Waals surface area contributed by atoms with Crippen molar-refractivity contribution in [3.05, 3.63) is 51.1 Å². The smallest absolute Gasteiger partial charge is 0.345 e. The molecule has 0 unspecified atom stereocenters. The van der Waals surface area contributed by atoms with Crippen LogP contribution in [0.3, 0.4) is 0 Å². The zero-order valence-corrected chi connectivity index (χ0v) is 14.5. The first-order valence-corrected chi connectivity index (χ1v) is 9.10. The number of nitrogens with zero attached hydrogens (tertiary/aromatic N) is 3. The van der Waals surface area contributed by atoms with Gasteiger partial charge in [0.2, 0.25) is 0 Å². The van der Waals surface area contributed by atoms with Crippen molar-refractivity contribution >= 4 is 22.9 Å². The minimum absolute atomic E-state index is 0.00588. The Balaban J connectivity index is 1.54. The van der Waals surface area contributed by atoms with E-state index in [0.717, 1.165) is 43.5 Å².